The molecule has 0 radical (unpaired) electrons. The summed E-state index contributed by atoms with van der Waals surface area (Å²) < 4.78 is 0. The minimum Gasteiger partial charge on any atom is -0.336 e. The van der Waals surface area contributed by atoms with Gasteiger partial charge in [0.25, 0.3) is 0 Å². The van der Waals surface area contributed by atoms with Crippen molar-refractivity contribution in [3.05, 3.63) is 24.3 Å². The summed E-state index contributed by atoms with van der Waals surface area (Å²) in [6.07, 6.45) is 5.37. The number of benzene rings is 1. The first-order chi connectivity index (χ1) is 10.6. The maximum atomic E-state index is 12.3. The van der Waals surface area contributed by atoms with Crippen LogP contribution < -0.4 is 16.0 Å². The third kappa shape index (κ3) is 4.76. The van der Waals surface area contributed by atoms with Gasteiger partial charge < -0.3 is 16.0 Å². The Morgan fingerprint density at radius 3 is 2.18 bits per heavy atom. The molecule has 3 amide bonds. The van der Waals surface area contributed by atoms with Crippen LogP contribution in [0.5, 0.6) is 0 Å². The van der Waals surface area contributed by atoms with Crippen LogP contribution >= 0.6 is 0 Å². The van der Waals surface area contributed by atoms with Gasteiger partial charge in [0, 0.05) is 12.0 Å². The van der Waals surface area contributed by atoms with Crippen LogP contribution in [-0.4, -0.2) is 18.0 Å². The van der Waals surface area contributed by atoms with Crippen molar-refractivity contribution in [2.45, 2.75) is 52.0 Å². The summed E-state index contributed by atoms with van der Waals surface area (Å²) in [6, 6.07) is 7.07. The average Bonchev–Trinajstić information content (AvgIpc) is 2.49. The topological polar surface area (TPSA) is 70.2 Å². The van der Waals surface area contributed by atoms with Crippen molar-refractivity contribution in [3.8, 4) is 0 Å². The zero-order valence-corrected chi connectivity index (χ0v) is 13.3. The fourth-order valence-electron chi connectivity index (χ4n) is 2.72. The molecule has 120 valence electrons. The first-order valence-electron chi connectivity index (χ1n) is 8.03. The van der Waals surface area contributed by atoms with Crippen molar-refractivity contribution >= 4 is 23.3 Å². The Bertz CT molecular complexity index is 522. The molecule has 1 aromatic carbocycles. The largest absolute Gasteiger partial charge is 0.336 e. The normalized spacial score (nSPS) is 15.4. The number of anilines is 2. The van der Waals surface area contributed by atoms with Gasteiger partial charge in [-0.1, -0.05) is 31.4 Å². The van der Waals surface area contributed by atoms with Crippen molar-refractivity contribution in [2.75, 3.05) is 10.6 Å². The van der Waals surface area contributed by atoms with E-state index in [9.17, 15) is 9.59 Å². The second-order valence-electron chi connectivity index (χ2n) is 6.12. The lowest BCUT2D eigenvalue weighted by molar-refractivity contribution is -0.120. The summed E-state index contributed by atoms with van der Waals surface area (Å²) >= 11 is 0. The van der Waals surface area contributed by atoms with Gasteiger partial charge in [0.15, 0.2) is 0 Å². The van der Waals surface area contributed by atoms with Gasteiger partial charge in [-0.2, -0.15) is 0 Å². The summed E-state index contributed by atoms with van der Waals surface area (Å²) in [7, 11) is 0. The Kier molecular flexibility index (Phi) is 5.81. The SMILES string of the molecule is CC(C)NC(=O)Nc1ccccc1NC(=O)C1CCCCC1. The zero-order chi connectivity index (χ0) is 15.9. The molecular weight excluding hydrogens is 278 g/mol. The molecule has 0 unspecified atom stereocenters. The molecule has 0 aliphatic heterocycles. The van der Waals surface area contributed by atoms with Gasteiger partial charge in [-0.25, -0.2) is 4.79 Å². The molecule has 1 aromatic rings. The van der Waals surface area contributed by atoms with E-state index in [2.05, 4.69) is 16.0 Å². The highest BCUT2D eigenvalue weighted by Crippen LogP contribution is 2.27. The third-order valence-corrected chi connectivity index (χ3v) is 3.83. The summed E-state index contributed by atoms with van der Waals surface area (Å²) in [6.45, 7) is 3.80. The molecule has 1 saturated carbocycles. The number of rotatable bonds is 4. The fourth-order valence-corrected chi connectivity index (χ4v) is 2.72. The molecule has 0 heterocycles. The number of amides is 3. The molecule has 5 nitrogen and oxygen atoms in total. The standard InChI is InChI=1S/C17H25N3O2/c1-12(2)18-17(22)20-15-11-7-6-10-14(15)19-16(21)13-8-4-3-5-9-13/h6-7,10-13H,3-5,8-9H2,1-2H3,(H,19,21)(H2,18,20,22). The first-order valence-corrected chi connectivity index (χ1v) is 8.03. The quantitative estimate of drug-likeness (QED) is 0.793. The average molecular weight is 303 g/mol. The molecule has 1 aliphatic carbocycles. The summed E-state index contributed by atoms with van der Waals surface area (Å²) in [5.41, 5.74) is 1.27. The second-order valence-corrected chi connectivity index (χ2v) is 6.12. The molecule has 0 atom stereocenters. The van der Waals surface area contributed by atoms with Gasteiger partial charge >= 0.3 is 6.03 Å². The number of hydrogen-bond donors (Lipinski definition) is 3. The fraction of sp³-hybridized carbons (Fsp3) is 0.529. The molecular formula is C17H25N3O2. The molecule has 0 saturated heterocycles. The minimum atomic E-state index is -0.269. The smallest absolute Gasteiger partial charge is 0.319 e. The van der Waals surface area contributed by atoms with Crippen LogP contribution in [0.2, 0.25) is 0 Å². The molecule has 0 aromatic heterocycles. The molecule has 3 N–H and O–H groups in total. The highest BCUT2D eigenvalue weighted by Gasteiger charge is 2.21. The van der Waals surface area contributed by atoms with E-state index in [1.54, 1.807) is 6.07 Å². The number of carbonyl (C=O) groups is 2. The van der Waals surface area contributed by atoms with E-state index in [1.165, 1.54) is 6.42 Å². The summed E-state index contributed by atoms with van der Waals surface area (Å²) in [5, 5.41) is 8.52. The number of hydrogen-bond acceptors (Lipinski definition) is 2. The van der Waals surface area contributed by atoms with E-state index in [-0.39, 0.29) is 23.9 Å². The Hall–Kier alpha value is -2.04. The van der Waals surface area contributed by atoms with Gasteiger partial charge in [-0.05, 0) is 38.8 Å². The monoisotopic (exact) mass is 303 g/mol. The maximum absolute atomic E-state index is 12.3. The molecule has 0 spiro atoms. The molecule has 1 fully saturated rings. The summed E-state index contributed by atoms with van der Waals surface area (Å²) in [5.74, 6) is 0.143. The van der Waals surface area contributed by atoms with E-state index in [0.717, 1.165) is 25.7 Å². The highest BCUT2D eigenvalue weighted by molar-refractivity contribution is 5.99. The van der Waals surface area contributed by atoms with Crippen molar-refractivity contribution < 1.29 is 9.59 Å². The van der Waals surface area contributed by atoms with E-state index in [4.69, 9.17) is 0 Å². The molecule has 5 heteroatoms. The third-order valence-electron chi connectivity index (χ3n) is 3.83. The lowest BCUT2D eigenvalue weighted by Gasteiger charge is -2.21. The predicted octanol–water partition coefficient (Wildman–Crippen LogP) is 3.74. The first kappa shape index (κ1) is 16.3. The van der Waals surface area contributed by atoms with Gasteiger partial charge in [0.1, 0.15) is 0 Å². The number of para-hydroxylation sites is 2. The number of urea groups is 1. The minimum absolute atomic E-state index is 0.0539. The van der Waals surface area contributed by atoms with Crippen molar-refractivity contribution in [1.29, 1.82) is 0 Å². The lowest BCUT2D eigenvalue weighted by Crippen LogP contribution is -2.34. The Balaban J connectivity index is 2.01. The van der Waals surface area contributed by atoms with Crippen LogP contribution in [0.1, 0.15) is 46.0 Å². The van der Waals surface area contributed by atoms with Crippen LogP contribution in [0, 0.1) is 5.92 Å². The Labute approximate surface area is 131 Å². The molecule has 2 rings (SSSR count). The van der Waals surface area contributed by atoms with E-state index >= 15 is 0 Å². The molecule has 1 aliphatic rings. The second kappa shape index (κ2) is 7.82. The van der Waals surface area contributed by atoms with Crippen LogP contribution in [0.4, 0.5) is 16.2 Å². The Morgan fingerprint density at radius 1 is 1.00 bits per heavy atom. The van der Waals surface area contributed by atoms with Crippen LogP contribution in [-0.2, 0) is 4.79 Å². The maximum Gasteiger partial charge on any atom is 0.319 e. The highest BCUT2D eigenvalue weighted by atomic mass is 16.2. The van der Waals surface area contributed by atoms with Crippen LogP contribution in [0.3, 0.4) is 0 Å². The lowest BCUT2D eigenvalue weighted by atomic mass is 9.88. The van der Waals surface area contributed by atoms with Crippen LogP contribution in [0.15, 0.2) is 24.3 Å². The van der Waals surface area contributed by atoms with Gasteiger partial charge in [-0.15, -0.1) is 0 Å². The van der Waals surface area contributed by atoms with Crippen LogP contribution in [0.25, 0.3) is 0 Å². The van der Waals surface area contributed by atoms with E-state index in [1.807, 2.05) is 32.0 Å². The van der Waals surface area contributed by atoms with Gasteiger partial charge in [-0.3, -0.25) is 4.79 Å². The number of carbonyl (C=O) groups excluding carboxylic acids is 2. The van der Waals surface area contributed by atoms with E-state index < -0.39 is 0 Å². The van der Waals surface area contributed by atoms with E-state index in [0.29, 0.717) is 11.4 Å². The van der Waals surface area contributed by atoms with Crippen molar-refractivity contribution in [1.82, 2.24) is 5.32 Å². The Morgan fingerprint density at radius 2 is 1.59 bits per heavy atom. The molecule has 0 bridgehead atoms. The predicted molar refractivity (Wildman–Crippen MR) is 88.9 cm³/mol. The number of nitrogens with one attached hydrogen (secondary N) is 3. The van der Waals surface area contributed by atoms with Gasteiger partial charge in [0.05, 0.1) is 11.4 Å². The van der Waals surface area contributed by atoms with Crippen molar-refractivity contribution in [3.63, 3.8) is 0 Å². The summed E-state index contributed by atoms with van der Waals surface area (Å²) in [4.78, 5) is 24.2. The molecule has 22 heavy (non-hydrogen) atoms. The zero-order valence-electron chi connectivity index (χ0n) is 13.3. The van der Waals surface area contributed by atoms with Gasteiger partial charge in [0.2, 0.25) is 5.91 Å². The van der Waals surface area contributed by atoms with Crippen molar-refractivity contribution in [2.24, 2.45) is 5.92 Å².